The van der Waals surface area contributed by atoms with Gasteiger partial charge >= 0.3 is 0 Å². The van der Waals surface area contributed by atoms with Crippen molar-refractivity contribution in [2.75, 3.05) is 25.0 Å². The Morgan fingerprint density at radius 1 is 1.25 bits per heavy atom. The second-order valence-electron chi connectivity index (χ2n) is 5.86. The van der Waals surface area contributed by atoms with Gasteiger partial charge < -0.3 is 15.8 Å². The van der Waals surface area contributed by atoms with Crippen molar-refractivity contribution < 1.29 is 17.9 Å². The van der Waals surface area contributed by atoms with Crippen LogP contribution in [0.1, 0.15) is 34.6 Å². The maximum absolute atomic E-state index is 12.8. The third-order valence-electron chi connectivity index (χ3n) is 3.41. The van der Waals surface area contributed by atoms with Crippen LogP contribution in [0.25, 0.3) is 0 Å². The first-order chi connectivity index (χ1) is 11.1. The number of rotatable bonds is 8. The van der Waals surface area contributed by atoms with E-state index in [-0.39, 0.29) is 10.6 Å². The fourth-order valence-electron chi connectivity index (χ4n) is 2.06. The van der Waals surface area contributed by atoms with Gasteiger partial charge in [0.05, 0.1) is 12.1 Å². The third kappa shape index (κ3) is 4.68. The zero-order chi connectivity index (χ0) is 18.5. The summed E-state index contributed by atoms with van der Waals surface area (Å²) in [7, 11) is -3.72. The van der Waals surface area contributed by atoms with Crippen molar-refractivity contribution in [2.45, 2.75) is 45.1 Å². The summed E-state index contributed by atoms with van der Waals surface area (Å²) in [6.07, 6.45) is 0. The SMILES string of the molecule is CCOc1ccc(NC(=O)C(C)(C)N)cc1S(=O)(=O)N(CC)CC. The van der Waals surface area contributed by atoms with Crippen molar-refractivity contribution in [3.05, 3.63) is 18.2 Å². The van der Waals surface area contributed by atoms with Gasteiger partial charge in [-0.25, -0.2) is 8.42 Å². The van der Waals surface area contributed by atoms with Crippen LogP contribution in [-0.4, -0.2) is 43.9 Å². The molecular formula is C16H27N3O4S. The molecule has 1 amide bonds. The minimum Gasteiger partial charge on any atom is -0.492 e. The summed E-state index contributed by atoms with van der Waals surface area (Å²) in [4.78, 5) is 12.1. The summed E-state index contributed by atoms with van der Waals surface area (Å²) < 4.78 is 32.5. The van der Waals surface area contributed by atoms with Crippen LogP contribution in [0.15, 0.2) is 23.1 Å². The lowest BCUT2D eigenvalue weighted by atomic mass is 10.1. The molecule has 3 N–H and O–H groups in total. The third-order valence-corrected chi connectivity index (χ3v) is 5.48. The lowest BCUT2D eigenvalue weighted by Crippen LogP contribution is -2.45. The highest BCUT2D eigenvalue weighted by Crippen LogP contribution is 2.30. The topological polar surface area (TPSA) is 102 Å². The molecule has 0 saturated carbocycles. The molecule has 136 valence electrons. The molecule has 7 nitrogen and oxygen atoms in total. The Bertz CT molecular complexity index is 677. The number of carbonyl (C=O) groups excluding carboxylic acids is 1. The van der Waals surface area contributed by atoms with Gasteiger partial charge in [0.1, 0.15) is 10.6 Å². The van der Waals surface area contributed by atoms with E-state index in [4.69, 9.17) is 10.5 Å². The van der Waals surface area contributed by atoms with E-state index >= 15 is 0 Å². The Morgan fingerprint density at radius 2 is 1.83 bits per heavy atom. The van der Waals surface area contributed by atoms with Gasteiger partial charge in [0, 0.05) is 18.8 Å². The predicted molar refractivity (Wildman–Crippen MR) is 94.6 cm³/mol. The molecule has 0 aromatic heterocycles. The van der Waals surface area contributed by atoms with Gasteiger partial charge in [-0.15, -0.1) is 0 Å². The normalized spacial score (nSPS) is 12.3. The van der Waals surface area contributed by atoms with E-state index < -0.39 is 21.5 Å². The summed E-state index contributed by atoms with van der Waals surface area (Å²) in [6, 6.07) is 4.54. The van der Waals surface area contributed by atoms with Crippen LogP contribution in [0.5, 0.6) is 5.75 Å². The van der Waals surface area contributed by atoms with Crippen LogP contribution in [0.4, 0.5) is 5.69 Å². The molecule has 0 atom stereocenters. The summed E-state index contributed by atoms with van der Waals surface area (Å²) in [5.74, 6) is -0.146. The van der Waals surface area contributed by atoms with Crippen molar-refractivity contribution in [3.63, 3.8) is 0 Å². The quantitative estimate of drug-likeness (QED) is 0.738. The molecule has 0 bridgehead atoms. The molecule has 0 spiro atoms. The number of benzene rings is 1. The Balaban J connectivity index is 3.35. The van der Waals surface area contributed by atoms with Gasteiger partial charge in [-0.2, -0.15) is 4.31 Å². The standard InChI is InChI=1S/C16H27N3O4S/c1-6-19(7-2)24(21,22)14-11-12(9-10-13(14)23-8-3)18-15(20)16(4,5)17/h9-11H,6-8,17H2,1-5H3,(H,18,20). The van der Waals surface area contributed by atoms with Gasteiger partial charge in [-0.3, -0.25) is 4.79 Å². The molecule has 0 aliphatic carbocycles. The summed E-state index contributed by atoms with van der Waals surface area (Å²) >= 11 is 0. The molecule has 0 aliphatic heterocycles. The van der Waals surface area contributed by atoms with Crippen LogP contribution < -0.4 is 15.8 Å². The van der Waals surface area contributed by atoms with Gasteiger partial charge in [0.15, 0.2) is 0 Å². The first-order valence-corrected chi connectivity index (χ1v) is 9.39. The number of hydrogen-bond acceptors (Lipinski definition) is 5. The minimum atomic E-state index is -3.72. The van der Waals surface area contributed by atoms with E-state index in [9.17, 15) is 13.2 Å². The monoisotopic (exact) mass is 357 g/mol. The Hall–Kier alpha value is -1.64. The number of sulfonamides is 1. The second-order valence-corrected chi connectivity index (χ2v) is 7.77. The molecule has 1 rings (SSSR count). The zero-order valence-corrected chi connectivity index (χ0v) is 15.7. The van der Waals surface area contributed by atoms with Gasteiger partial charge in [-0.05, 0) is 39.0 Å². The van der Waals surface area contributed by atoms with E-state index in [1.165, 1.54) is 10.4 Å². The molecule has 0 aliphatic rings. The highest BCUT2D eigenvalue weighted by molar-refractivity contribution is 7.89. The van der Waals surface area contributed by atoms with Crippen LogP contribution >= 0.6 is 0 Å². The van der Waals surface area contributed by atoms with Gasteiger partial charge in [0.25, 0.3) is 0 Å². The number of nitrogens with zero attached hydrogens (tertiary/aromatic N) is 1. The molecule has 8 heteroatoms. The molecular weight excluding hydrogens is 330 g/mol. The van der Waals surface area contributed by atoms with Crippen molar-refractivity contribution in [2.24, 2.45) is 5.73 Å². The first-order valence-electron chi connectivity index (χ1n) is 7.95. The van der Waals surface area contributed by atoms with Gasteiger partial charge in [-0.1, -0.05) is 13.8 Å². The first kappa shape index (κ1) is 20.4. The highest BCUT2D eigenvalue weighted by Gasteiger charge is 2.27. The smallest absolute Gasteiger partial charge is 0.246 e. The maximum atomic E-state index is 12.8. The largest absolute Gasteiger partial charge is 0.492 e. The Kier molecular flexibility index (Phi) is 6.76. The fourth-order valence-corrected chi connectivity index (χ4v) is 3.67. The molecule has 0 unspecified atom stereocenters. The number of anilines is 1. The lowest BCUT2D eigenvalue weighted by molar-refractivity contribution is -0.120. The summed E-state index contributed by atoms with van der Waals surface area (Å²) in [5.41, 5.74) is 5.04. The average Bonchev–Trinajstić information content (AvgIpc) is 2.48. The predicted octanol–water partition coefficient (Wildman–Crippen LogP) is 1.79. The number of ether oxygens (including phenoxy) is 1. The van der Waals surface area contributed by atoms with Crippen LogP contribution in [0.3, 0.4) is 0 Å². The number of nitrogens with one attached hydrogen (secondary N) is 1. The van der Waals surface area contributed by atoms with E-state index in [2.05, 4.69) is 5.32 Å². The summed E-state index contributed by atoms with van der Waals surface area (Å²) in [6.45, 7) is 9.49. The molecule has 1 aromatic rings. The molecule has 1 aromatic carbocycles. The molecule has 24 heavy (non-hydrogen) atoms. The van der Waals surface area contributed by atoms with E-state index in [1.807, 2.05) is 0 Å². The number of carbonyl (C=O) groups is 1. The second kappa shape index (κ2) is 7.96. The van der Waals surface area contributed by atoms with Crippen molar-refractivity contribution in [1.82, 2.24) is 4.31 Å². The van der Waals surface area contributed by atoms with E-state index in [1.54, 1.807) is 46.8 Å². The average molecular weight is 357 g/mol. The van der Waals surface area contributed by atoms with Crippen molar-refractivity contribution >= 4 is 21.6 Å². The van der Waals surface area contributed by atoms with Crippen LogP contribution in [0.2, 0.25) is 0 Å². The Labute approximate surface area is 144 Å². The number of amides is 1. The molecule has 0 saturated heterocycles. The van der Waals surface area contributed by atoms with Crippen LogP contribution in [-0.2, 0) is 14.8 Å². The summed E-state index contributed by atoms with van der Waals surface area (Å²) in [5, 5.41) is 2.64. The lowest BCUT2D eigenvalue weighted by Gasteiger charge is -2.22. The molecule has 0 fully saturated rings. The van der Waals surface area contributed by atoms with E-state index in [0.29, 0.717) is 25.4 Å². The fraction of sp³-hybridized carbons (Fsp3) is 0.562. The number of hydrogen-bond donors (Lipinski definition) is 2. The molecule has 0 heterocycles. The van der Waals surface area contributed by atoms with Gasteiger partial charge in [0.2, 0.25) is 15.9 Å². The maximum Gasteiger partial charge on any atom is 0.246 e. The molecule has 0 radical (unpaired) electrons. The Morgan fingerprint density at radius 3 is 2.29 bits per heavy atom. The zero-order valence-electron chi connectivity index (χ0n) is 14.9. The highest BCUT2D eigenvalue weighted by atomic mass is 32.2. The van der Waals surface area contributed by atoms with Crippen molar-refractivity contribution in [3.8, 4) is 5.75 Å². The minimum absolute atomic E-state index is 0.0284. The van der Waals surface area contributed by atoms with E-state index in [0.717, 1.165) is 0 Å². The van der Waals surface area contributed by atoms with Crippen LogP contribution in [0, 0.1) is 0 Å². The van der Waals surface area contributed by atoms with Crippen molar-refractivity contribution in [1.29, 1.82) is 0 Å². The number of nitrogens with two attached hydrogens (primary N) is 1.